The predicted octanol–water partition coefficient (Wildman–Crippen LogP) is 1.82. The number of amides is 1. The summed E-state index contributed by atoms with van der Waals surface area (Å²) in [4.78, 5) is 14.1. The van der Waals surface area contributed by atoms with E-state index in [0.717, 1.165) is 44.3 Å². The molecule has 134 valence electrons. The molecule has 1 saturated carbocycles. The Morgan fingerprint density at radius 1 is 1.29 bits per heavy atom. The number of carbonyl (C=O) groups is 1. The van der Waals surface area contributed by atoms with Gasteiger partial charge in [0.2, 0.25) is 5.95 Å². The maximum atomic E-state index is 11.8. The van der Waals surface area contributed by atoms with E-state index in [0.29, 0.717) is 12.5 Å². The normalized spacial score (nSPS) is 21.6. The first kappa shape index (κ1) is 17.0. The summed E-state index contributed by atoms with van der Waals surface area (Å²) in [6.45, 7) is 8.97. The van der Waals surface area contributed by atoms with Crippen molar-refractivity contribution >= 4 is 12.0 Å². The lowest BCUT2D eigenvalue weighted by atomic mass is 9.98. The van der Waals surface area contributed by atoms with E-state index < -0.39 is 5.60 Å². The Hall–Kier alpha value is -1.86. The number of carbonyl (C=O) groups excluding carboxylic acids is 1. The summed E-state index contributed by atoms with van der Waals surface area (Å²) < 4.78 is 7.23. The molecule has 1 unspecified atom stereocenters. The smallest absolute Gasteiger partial charge is 0.407 e. The van der Waals surface area contributed by atoms with Crippen LogP contribution in [0, 0.1) is 11.8 Å². The van der Waals surface area contributed by atoms with Gasteiger partial charge < -0.3 is 15.0 Å². The average molecular weight is 336 g/mol. The maximum absolute atomic E-state index is 11.8. The van der Waals surface area contributed by atoms with Crippen molar-refractivity contribution in [3.63, 3.8) is 0 Å². The molecule has 1 N–H and O–H groups in total. The molecule has 2 heterocycles. The fraction of sp³-hybridized carbons (Fsp3) is 0.875. The molecule has 8 nitrogen and oxygen atoms in total. The first-order chi connectivity index (χ1) is 11.4. The van der Waals surface area contributed by atoms with Crippen LogP contribution in [0.15, 0.2) is 0 Å². The van der Waals surface area contributed by atoms with Crippen LogP contribution in [0.25, 0.3) is 0 Å². The van der Waals surface area contributed by atoms with Gasteiger partial charge in [-0.2, -0.15) is 0 Å². The van der Waals surface area contributed by atoms with Gasteiger partial charge in [0.1, 0.15) is 5.60 Å². The second kappa shape index (κ2) is 6.94. The molecular formula is C16H28N6O2. The van der Waals surface area contributed by atoms with Crippen molar-refractivity contribution in [2.45, 2.75) is 58.6 Å². The monoisotopic (exact) mass is 336 g/mol. The molecule has 24 heavy (non-hydrogen) atoms. The van der Waals surface area contributed by atoms with Gasteiger partial charge in [0.05, 0.1) is 0 Å². The van der Waals surface area contributed by atoms with E-state index in [9.17, 15) is 4.79 Å². The minimum atomic E-state index is -0.465. The van der Waals surface area contributed by atoms with Crippen molar-refractivity contribution in [1.82, 2.24) is 25.5 Å². The molecule has 0 spiro atoms. The number of aromatic nitrogens is 4. The first-order valence-electron chi connectivity index (χ1n) is 8.88. The largest absolute Gasteiger partial charge is 0.444 e. The van der Waals surface area contributed by atoms with Gasteiger partial charge in [-0.3, -0.25) is 0 Å². The highest BCUT2D eigenvalue weighted by Crippen LogP contribution is 2.31. The SMILES string of the molecule is CC(C)(C)OC(=O)NCC1CCCN(c2nnnn2CC2CC2)C1. The summed E-state index contributed by atoms with van der Waals surface area (Å²) in [5.74, 6) is 1.99. The Bertz CT molecular complexity index is 563. The third-order valence-electron chi connectivity index (χ3n) is 4.38. The van der Waals surface area contributed by atoms with Gasteiger partial charge in [-0.25, -0.2) is 9.48 Å². The minimum absolute atomic E-state index is 0.349. The van der Waals surface area contributed by atoms with Crippen molar-refractivity contribution < 1.29 is 9.53 Å². The Morgan fingerprint density at radius 2 is 2.08 bits per heavy atom. The number of rotatable bonds is 5. The Labute approximate surface area is 142 Å². The lowest BCUT2D eigenvalue weighted by Gasteiger charge is -2.33. The van der Waals surface area contributed by atoms with E-state index in [4.69, 9.17) is 4.74 Å². The molecule has 8 heteroatoms. The van der Waals surface area contributed by atoms with E-state index >= 15 is 0 Å². The van der Waals surface area contributed by atoms with E-state index in [2.05, 4.69) is 25.7 Å². The fourth-order valence-corrected chi connectivity index (χ4v) is 3.04. The number of anilines is 1. The second-order valence-corrected chi connectivity index (χ2v) is 7.94. The quantitative estimate of drug-likeness (QED) is 0.883. The molecule has 0 radical (unpaired) electrons. The van der Waals surface area contributed by atoms with Crippen LogP contribution in [-0.2, 0) is 11.3 Å². The highest BCUT2D eigenvalue weighted by molar-refractivity contribution is 5.67. The van der Waals surface area contributed by atoms with Crippen LogP contribution in [0.2, 0.25) is 0 Å². The summed E-state index contributed by atoms with van der Waals surface area (Å²) in [7, 11) is 0. The standard InChI is InChI=1S/C16H28N6O2/c1-16(2,3)24-15(23)17-9-13-5-4-8-21(10-13)14-18-19-20-22(14)11-12-6-7-12/h12-13H,4-11H2,1-3H3,(H,17,23). The minimum Gasteiger partial charge on any atom is -0.444 e. The van der Waals surface area contributed by atoms with Gasteiger partial charge in [-0.15, -0.1) is 0 Å². The van der Waals surface area contributed by atoms with Crippen LogP contribution in [0.3, 0.4) is 0 Å². The second-order valence-electron chi connectivity index (χ2n) is 7.94. The zero-order chi connectivity index (χ0) is 17.2. The van der Waals surface area contributed by atoms with Gasteiger partial charge in [0.15, 0.2) is 0 Å². The zero-order valence-electron chi connectivity index (χ0n) is 14.9. The maximum Gasteiger partial charge on any atom is 0.407 e. The van der Waals surface area contributed by atoms with Crippen LogP contribution in [-0.4, -0.2) is 51.5 Å². The van der Waals surface area contributed by atoms with Gasteiger partial charge in [0.25, 0.3) is 0 Å². The summed E-state index contributed by atoms with van der Waals surface area (Å²) in [6.07, 6.45) is 4.38. The Morgan fingerprint density at radius 3 is 2.79 bits per heavy atom. The summed E-state index contributed by atoms with van der Waals surface area (Å²) in [5.41, 5.74) is -0.465. The van der Waals surface area contributed by atoms with Gasteiger partial charge in [-0.1, -0.05) is 5.10 Å². The highest BCUT2D eigenvalue weighted by atomic mass is 16.6. The van der Waals surface area contributed by atoms with Crippen molar-refractivity contribution in [2.75, 3.05) is 24.5 Å². The zero-order valence-corrected chi connectivity index (χ0v) is 14.9. The van der Waals surface area contributed by atoms with Crippen LogP contribution < -0.4 is 10.2 Å². The lowest BCUT2D eigenvalue weighted by molar-refractivity contribution is 0.0517. The number of alkyl carbamates (subject to hydrolysis) is 1. The van der Waals surface area contributed by atoms with Crippen molar-refractivity contribution in [1.29, 1.82) is 0 Å². The van der Waals surface area contributed by atoms with Crippen LogP contribution in [0.5, 0.6) is 0 Å². The number of hydrogen-bond acceptors (Lipinski definition) is 6. The number of nitrogens with one attached hydrogen (secondary N) is 1. The number of tetrazole rings is 1. The number of ether oxygens (including phenoxy) is 1. The van der Waals surface area contributed by atoms with E-state index in [-0.39, 0.29) is 6.09 Å². The molecule has 0 bridgehead atoms. The molecule has 3 rings (SSSR count). The topological polar surface area (TPSA) is 85.2 Å². The molecule has 1 aliphatic carbocycles. The molecule has 1 aliphatic heterocycles. The van der Waals surface area contributed by atoms with Crippen LogP contribution in [0.1, 0.15) is 46.5 Å². The summed E-state index contributed by atoms with van der Waals surface area (Å²) >= 11 is 0. The first-order valence-corrected chi connectivity index (χ1v) is 8.88. The van der Waals surface area contributed by atoms with Crippen LogP contribution in [0.4, 0.5) is 10.7 Å². The molecule has 0 aromatic carbocycles. The fourth-order valence-electron chi connectivity index (χ4n) is 3.04. The predicted molar refractivity (Wildman–Crippen MR) is 89.7 cm³/mol. The van der Waals surface area contributed by atoms with Crippen molar-refractivity contribution in [3.8, 4) is 0 Å². The third-order valence-corrected chi connectivity index (χ3v) is 4.38. The molecule has 1 aromatic heterocycles. The Kier molecular flexibility index (Phi) is 4.91. The average Bonchev–Trinajstić information content (AvgIpc) is 3.19. The number of nitrogens with zero attached hydrogens (tertiary/aromatic N) is 5. The highest BCUT2D eigenvalue weighted by Gasteiger charge is 2.28. The molecule has 1 saturated heterocycles. The van der Waals surface area contributed by atoms with Crippen LogP contribution >= 0.6 is 0 Å². The Balaban J connectivity index is 1.51. The van der Waals surface area contributed by atoms with Gasteiger partial charge in [0, 0.05) is 26.2 Å². The molecule has 2 fully saturated rings. The van der Waals surface area contributed by atoms with Crippen molar-refractivity contribution in [2.24, 2.45) is 11.8 Å². The lowest BCUT2D eigenvalue weighted by Crippen LogP contribution is -2.43. The molecule has 1 atom stereocenters. The summed E-state index contributed by atoms with van der Waals surface area (Å²) in [5, 5.41) is 15.1. The molecule has 1 amide bonds. The van der Waals surface area contributed by atoms with E-state index in [1.165, 1.54) is 12.8 Å². The number of piperidine rings is 1. The summed E-state index contributed by atoms with van der Waals surface area (Å²) in [6, 6.07) is 0. The van der Waals surface area contributed by atoms with E-state index in [1.54, 1.807) is 0 Å². The molecule has 2 aliphatic rings. The van der Waals surface area contributed by atoms with Gasteiger partial charge in [-0.05, 0) is 68.7 Å². The van der Waals surface area contributed by atoms with Crippen molar-refractivity contribution in [3.05, 3.63) is 0 Å². The number of hydrogen-bond donors (Lipinski definition) is 1. The van der Waals surface area contributed by atoms with Gasteiger partial charge >= 0.3 is 6.09 Å². The molecular weight excluding hydrogens is 308 g/mol. The molecule has 1 aromatic rings. The van der Waals surface area contributed by atoms with E-state index in [1.807, 2.05) is 25.5 Å². The third kappa shape index (κ3) is 4.82.